The number of amides is 1. The predicted molar refractivity (Wildman–Crippen MR) is 112 cm³/mol. The normalized spacial score (nSPS) is 24.1. The van der Waals surface area contributed by atoms with E-state index < -0.39 is 5.60 Å². The molecule has 2 aromatic rings. The van der Waals surface area contributed by atoms with Crippen molar-refractivity contribution in [1.29, 1.82) is 0 Å². The number of carbonyl (C=O) groups excluding carboxylic acids is 1. The number of allylic oxidation sites excluding steroid dienone is 1. The minimum Gasteiger partial charge on any atom is -0.444 e. The van der Waals surface area contributed by atoms with Gasteiger partial charge in [-0.15, -0.1) is 6.58 Å². The molecule has 0 radical (unpaired) electrons. The zero-order valence-electron chi connectivity index (χ0n) is 16.8. The van der Waals surface area contributed by atoms with E-state index in [1.165, 1.54) is 11.1 Å². The molecule has 1 N–H and O–H groups in total. The quantitative estimate of drug-likeness (QED) is 0.741. The first-order valence-corrected chi connectivity index (χ1v) is 9.90. The van der Waals surface area contributed by atoms with Crippen molar-refractivity contribution in [1.82, 2.24) is 4.90 Å². The number of hydrogen-bond donors (Lipinski definition) is 1. The van der Waals surface area contributed by atoms with Crippen molar-refractivity contribution >= 4 is 11.8 Å². The number of hydrogen-bond acceptors (Lipinski definition) is 3. The molecule has 4 heteroatoms. The Bertz CT molecular complexity index is 887. The Morgan fingerprint density at radius 3 is 2.57 bits per heavy atom. The van der Waals surface area contributed by atoms with Gasteiger partial charge in [-0.25, -0.2) is 4.79 Å². The Morgan fingerprint density at radius 1 is 1.21 bits per heavy atom. The van der Waals surface area contributed by atoms with Gasteiger partial charge in [-0.3, -0.25) is 4.90 Å². The summed E-state index contributed by atoms with van der Waals surface area (Å²) in [6.45, 7) is 10.5. The first-order valence-electron chi connectivity index (χ1n) is 9.90. The van der Waals surface area contributed by atoms with Crippen LogP contribution >= 0.6 is 0 Å². The van der Waals surface area contributed by atoms with Crippen molar-refractivity contribution in [2.24, 2.45) is 0 Å². The van der Waals surface area contributed by atoms with Crippen LogP contribution in [0, 0.1) is 0 Å². The van der Waals surface area contributed by atoms with Crippen molar-refractivity contribution in [3.8, 4) is 0 Å². The number of carbonyl (C=O) groups is 1. The highest BCUT2D eigenvalue weighted by Crippen LogP contribution is 2.56. The lowest BCUT2D eigenvalue weighted by Crippen LogP contribution is -2.49. The smallest absolute Gasteiger partial charge is 0.411 e. The summed E-state index contributed by atoms with van der Waals surface area (Å²) in [5.41, 5.74) is 2.76. The summed E-state index contributed by atoms with van der Waals surface area (Å²) in [6.07, 6.45) is 2.45. The van der Waals surface area contributed by atoms with Crippen molar-refractivity contribution in [2.45, 2.75) is 50.3 Å². The number of likely N-dealkylation sites (tertiary alicyclic amines) is 1. The van der Waals surface area contributed by atoms with Crippen molar-refractivity contribution in [2.75, 3.05) is 11.9 Å². The van der Waals surface area contributed by atoms with E-state index in [-0.39, 0.29) is 23.6 Å². The third kappa shape index (κ3) is 2.88. The fourth-order valence-electron chi connectivity index (χ4n) is 4.81. The molecule has 2 aliphatic heterocycles. The van der Waals surface area contributed by atoms with Gasteiger partial charge in [-0.05, 0) is 44.4 Å². The topological polar surface area (TPSA) is 41.6 Å². The maximum absolute atomic E-state index is 13.0. The van der Waals surface area contributed by atoms with E-state index in [1.54, 1.807) is 0 Å². The number of rotatable bonds is 3. The number of ether oxygens (including phenoxy) is 1. The highest BCUT2D eigenvalue weighted by atomic mass is 16.6. The van der Waals surface area contributed by atoms with Crippen LogP contribution in [0.15, 0.2) is 67.3 Å². The number of nitrogens with one attached hydrogen (secondary N) is 1. The van der Waals surface area contributed by atoms with E-state index in [1.807, 2.05) is 43.9 Å². The first-order chi connectivity index (χ1) is 13.4. The molecule has 0 saturated carbocycles. The number of anilines is 1. The molecule has 4 nitrogen and oxygen atoms in total. The lowest BCUT2D eigenvalue weighted by Gasteiger charge is -2.38. The average molecular weight is 376 g/mol. The molecule has 4 rings (SSSR count). The predicted octanol–water partition coefficient (Wildman–Crippen LogP) is 5.29. The minimum absolute atomic E-state index is 0.0855. The molecule has 0 aromatic heterocycles. The molecule has 1 fully saturated rings. The molecule has 1 saturated heterocycles. The van der Waals surface area contributed by atoms with E-state index in [0.717, 1.165) is 12.1 Å². The fraction of sp³-hybridized carbons (Fsp3) is 0.375. The summed E-state index contributed by atoms with van der Waals surface area (Å²) in [5.74, 6) is 0.0855. The van der Waals surface area contributed by atoms with Gasteiger partial charge < -0.3 is 10.1 Å². The Kier molecular flexibility index (Phi) is 4.45. The first kappa shape index (κ1) is 18.6. The third-order valence-electron chi connectivity index (χ3n) is 5.86. The van der Waals surface area contributed by atoms with Crippen LogP contribution in [0.5, 0.6) is 0 Å². The monoisotopic (exact) mass is 376 g/mol. The summed E-state index contributed by atoms with van der Waals surface area (Å²) in [5, 5.41) is 3.62. The van der Waals surface area contributed by atoms with Gasteiger partial charge in [0, 0.05) is 23.6 Å². The second-order valence-corrected chi connectivity index (χ2v) is 8.68. The highest BCUT2D eigenvalue weighted by Gasteiger charge is 2.59. The number of benzene rings is 2. The molecule has 2 heterocycles. The van der Waals surface area contributed by atoms with E-state index in [0.29, 0.717) is 6.54 Å². The van der Waals surface area contributed by atoms with E-state index in [4.69, 9.17) is 4.74 Å². The van der Waals surface area contributed by atoms with Gasteiger partial charge in [0.25, 0.3) is 0 Å². The molecule has 28 heavy (non-hydrogen) atoms. The molecule has 2 aliphatic rings. The summed E-state index contributed by atoms with van der Waals surface area (Å²) < 4.78 is 5.71. The largest absolute Gasteiger partial charge is 0.444 e. The van der Waals surface area contributed by atoms with Gasteiger partial charge in [0.15, 0.2) is 0 Å². The Balaban J connectivity index is 1.80. The van der Waals surface area contributed by atoms with Crippen LogP contribution in [0.4, 0.5) is 10.5 Å². The van der Waals surface area contributed by atoms with Gasteiger partial charge in [-0.2, -0.15) is 0 Å². The number of fused-ring (bicyclic) bond motifs is 3. The van der Waals surface area contributed by atoms with E-state index in [2.05, 4.69) is 54.4 Å². The van der Waals surface area contributed by atoms with Crippen LogP contribution in [0.25, 0.3) is 0 Å². The lowest BCUT2D eigenvalue weighted by molar-refractivity contribution is 0.0222. The van der Waals surface area contributed by atoms with Crippen LogP contribution in [-0.2, 0) is 10.2 Å². The van der Waals surface area contributed by atoms with Gasteiger partial charge in [0.1, 0.15) is 11.8 Å². The van der Waals surface area contributed by atoms with E-state index >= 15 is 0 Å². The Hall–Kier alpha value is -2.75. The Morgan fingerprint density at radius 2 is 1.89 bits per heavy atom. The molecule has 3 atom stereocenters. The van der Waals surface area contributed by atoms with Crippen molar-refractivity contribution in [3.05, 3.63) is 78.4 Å². The fourth-order valence-corrected chi connectivity index (χ4v) is 4.81. The van der Waals surface area contributed by atoms with Gasteiger partial charge in [0.2, 0.25) is 0 Å². The average Bonchev–Trinajstić information content (AvgIpc) is 3.17. The summed E-state index contributed by atoms with van der Waals surface area (Å²) in [7, 11) is 0. The summed E-state index contributed by atoms with van der Waals surface area (Å²) in [6, 6.07) is 18.8. The van der Waals surface area contributed by atoms with Crippen LogP contribution in [-0.4, -0.2) is 29.3 Å². The maximum Gasteiger partial charge on any atom is 0.411 e. The summed E-state index contributed by atoms with van der Waals surface area (Å²) in [4.78, 5) is 14.8. The summed E-state index contributed by atoms with van der Waals surface area (Å²) >= 11 is 0. The maximum atomic E-state index is 13.0. The van der Waals surface area contributed by atoms with Crippen LogP contribution < -0.4 is 5.32 Å². The van der Waals surface area contributed by atoms with Crippen molar-refractivity contribution < 1.29 is 9.53 Å². The van der Waals surface area contributed by atoms with Crippen molar-refractivity contribution in [3.63, 3.8) is 0 Å². The molecule has 0 spiro atoms. The standard InChI is InChI=1S/C24H28N2O2/c1-5-18(17-11-7-6-8-12-17)24-15-16-26(22(27)28-23(2,3)4)21(24)25-20-14-10-9-13-19(20)24/h5-14,18,21,25H,1,15-16H2,2-4H3/t18-,21?,24+/m0/s1. The molecular formula is C24H28N2O2. The molecule has 146 valence electrons. The molecule has 0 aliphatic carbocycles. The lowest BCUT2D eigenvalue weighted by atomic mass is 9.66. The zero-order valence-corrected chi connectivity index (χ0v) is 16.8. The van der Waals surface area contributed by atoms with E-state index in [9.17, 15) is 4.79 Å². The Labute approximate surface area is 167 Å². The van der Waals surface area contributed by atoms with Crippen LogP contribution in [0.2, 0.25) is 0 Å². The van der Waals surface area contributed by atoms with Gasteiger partial charge in [-0.1, -0.05) is 54.6 Å². The highest BCUT2D eigenvalue weighted by molar-refractivity contribution is 5.74. The van der Waals surface area contributed by atoms with Crippen LogP contribution in [0.3, 0.4) is 0 Å². The molecular weight excluding hydrogens is 348 g/mol. The molecule has 0 bridgehead atoms. The minimum atomic E-state index is -0.523. The molecule has 1 amide bonds. The zero-order chi connectivity index (χ0) is 19.9. The molecule has 2 aromatic carbocycles. The third-order valence-corrected chi connectivity index (χ3v) is 5.86. The second kappa shape index (κ2) is 6.69. The number of nitrogens with zero attached hydrogens (tertiary/aromatic N) is 1. The number of para-hydroxylation sites is 1. The van der Waals surface area contributed by atoms with Gasteiger partial charge >= 0.3 is 6.09 Å². The van der Waals surface area contributed by atoms with Gasteiger partial charge in [0.05, 0.1) is 0 Å². The SMILES string of the molecule is C=C[C@@H](c1ccccc1)[C@@]12CCN(C(=O)OC(C)(C)C)C1Nc1ccccc12. The van der Waals surface area contributed by atoms with Crippen LogP contribution in [0.1, 0.15) is 44.2 Å². The second-order valence-electron chi connectivity index (χ2n) is 8.68. The molecule has 1 unspecified atom stereocenters.